The first kappa shape index (κ1) is 13.9. The topological polar surface area (TPSA) is 178 Å². The van der Waals surface area contributed by atoms with Crippen molar-refractivity contribution in [1.29, 1.82) is 0 Å². The van der Waals surface area contributed by atoms with Gasteiger partial charge in [-0.1, -0.05) is 0 Å². The molecule has 1 aliphatic rings. The fourth-order valence-corrected chi connectivity index (χ4v) is 2.30. The largest absolute Gasteiger partial charge is 0.394 e. The van der Waals surface area contributed by atoms with E-state index in [1.165, 1.54) is 10.9 Å². The number of fused-ring (bicyclic) bond motifs is 1. The summed E-state index contributed by atoms with van der Waals surface area (Å²) in [5.74, 6) is 5.45. The van der Waals surface area contributed by atoms with Gasteiger partial charge in [-0.2, -0.15) is 9.97 Å². The van der Waals surface area contributed by atoms with Crippen LogP contribution in [0.2, 0.25) is 0 Å². The number of ether oxygens (including phenoxy) is 1. The van der Waals surface area contributed by atoms with Gasteiger partial charge in [0.25, 0.3) is 0 Å². The number of aromatic nitrogens is 4. The zero-order valence-electron chi connectivity index (χ0n) is 10.8. The van der Waals surface area contributed by atoms with Gasteiger partial charge in [-0.15, -0.1) is 0 Å². The molecule has 0 saturated carbocycles. The molecule has 1 aliphatic heterocycles. The highest BCUT2D eigenvalue weighted by Crippen LogP contribution is 2.32. The minimum absolute atomic E-state index is 0.0773. The molecule has 2 unspecified atom stereocenters. The van der Waals surface area contributed by atoms with Crippen molar-refractivity contribution in [2.75, 3.05) is 17.8 Å². The maximum Gasteiger partial charge on any atom is 0.241 e. The lowest BCUT2D eigenvalue weighted by Crippen LogP contribution is -2.33. The van der Waals surface area contributed by atoms with E-state index in [4.69, 9.17) is 21.4 Å². The lowest BCUT2D eigenvalue weighted by molar-refractivity contribution is -0.0511. The molecule has 1 saturated heterocycles. The van der Waals surface area contributed by atoms with E-state index < -0.39 is 31.1 Å². The van der Waals surface area contributed by atoms with Gasteiger partial charge in [-0.05, 0) is 0 Å². The highest BCUT2D eigenvalue weighted by Gasteiger charge is 2.44. The van der Waals surface area contributed by atoms with E-state index >= 15 is 0 Å². The summed E-state index contributed by atoms with van der Waals surface area (Å²) >= 11 is 0. The van der Waals surface area contributed by atoms with Crippen molar-refractivity contribution in [3.05, 3.63) is 6.33 Å². The number of hydrazine groups is 1. The zero-order chi connectivity index (χ0) is 15.1. The van der Waals surface area contributed by atoms with E-state index in [0.717, 1.165) is 0 Å². The minimum atomic E-state index is -1.25. The Morgan fingerprint density at radius 3 is 2.71 bits per heavy atom. The van der Waals surface area contributed by atoms with Crippen LogP contribution in [-0.4, -0.2) is 59.8 Å². The monoisotopic (exact) mass is 297 g/mol. The number of nitrogens with zero attached hydrogens (tertiary/aromatic N) is 4. The summed E-state index contributed by atoms with van der Waals surface area (Å²) in [6.45, 7) is -0.423. The van der Waals surface area contributed by atoms with E-state index in [1.807, 2.05) is 0 Å². The molecule has 114 valence electrons. The molecule has 0 bridgehead atoms. The molecule has 0 aliphatic carbocycles. The highest BCUT2D eigenvalue weighted by atomic mass is 16.6. The van der Waals surface area contributed by atoms with E-state index in [-0.39, 0.29) is 17.4 Å². The molecular weight excluding hydrogens is 282 g/mol. The second kappa shape index (κ2) is 5.05. The molecule has 0 spiro atoms. The molecule has 0 radical (unpaired) electrons. The number of hydrogen-bond donors (Lipinski definition) is 6. The molecule has 3 heterocycles. The number of hydrogen-bond acceptors (Lipinski definition) is 10. The van der Waals surface area contributed by atoms with Gasteiger partial charge in [0.1, 0.15) is 23.8 Å². The van der Waals surface area contributed by atoms with Crippen LogP contribution >= 0.6 is 0 Å². The molecule has 0 amide bonds. The van der Waals surface area contributed by atoms with Gasteiger partial charge < -0.3 is 25.8 Å². The summed E-state index contributed by atoms with van der Waals surface area (Å²) in [6, 6.07) is 0. The summed E-state index contributed by atoms with van der Waals surface area (Å²) in [5, 5.41) is 28.9. The van der Waals surface area contributed by atoms with Crippen molar-refractivity contribution in [1.82, 2.24) is 19.5 Å². The van der Waals surface area contributed by atoms with Crippen molar-refractivity contribution in [2.45, 2.75) is 24.5 Å². The van der Waals surface area contributed by atoms with Crippen LogP contribution in [0.3, 0.4) is 0 Å². The Morgan fingerprint density at radius 2 is 2.10 bits per heavy atom. The van der Waals surface area contributed by atoms with E-state index in [9.17, 15) is 10.2 Å². The third-order valence-electron chi connectivity index (χ3n) is 3.37. The van der Waals surface area contributed by atoms with Crippen molar-refractivity contribution < 1.29 is 20.1 Å². The van der Waals surface area contributed by atoms with Crippen LogP contribution in [0.25, 0.3) is 11.2 Å². The molecule has 21 heavy (non-hydrogen) atoms. The molecule has 1 fully saturated rings. The standard InChI is InChI=1S/C10H15N7O4/c11-7-4-8(15-10(14-7)16-12)17(2-13-4)9-6(20)5(19)3(1-18)21-9/h2-3,5-6,9,18-20H,1,12H2,(H3,11,14,15,16)/t3-,5?,6-,9?/m1/s1. The first-order valence-corrected chi connectivity index (χ1v) is 6.16. The van der Waals surface area contributed by atoms with Gasteiger partial charge >= 0.3 is 0 Å². The predicted octanol–water partition coefficient (Wildman–Crippen LogP) is -2.69. The number of nitrogens with one attached hydrogen (secondary N) is 1. The number of aliphatic hydroxyl groups is 3. The van der Waals surface area contributed by atoms with E-state index in [0.29, 0.717) is 5.52 Å². The van der Waals surface area contributed by atoms with Crippen molar-refractivity contribution in [2.24, 2.45) is 5.84 Å². The Balaban J connectivity index is 2.07. The van der Waals surface area contributed by atoms with Gasteiger partial charge in [0, 0.05) is 0 Å². The summed E-state index contributed by atoms with van der Waals surface area (Å²) in [4.78, 5) is 12.1. The summed E-state index contributed by atoms with van der Waals surface area (Å²) < 4.78 is 6.82. The van der Waals surface area contributed by atoms with Gasteiger partial charge in [0.05, 0.1) is 12.9 Å². The third kappa shape index (κ3) is 2.07. The molecule has 2 aromatic heterocycles. The lowest BCUT2D eigenvalue weighted by Gasteiger charge is -2.16. The molecular formula is C10H15N7O4. The maximum atomic E-state index is 10.0. The van der Waals surface area contributed by atoms with Crippen LogP contribution in [0, 0.1) is 0 Å². The SMILES string of the molecule is NNc1nc(N)c2ncn(C3O[C@H](CO)C(O)[C@H]3O)c2n1. The maximum absolute atomic E-state index is 10.0. The molecule has 8 N–H and O–H groups in total. The van der Waals surface area contributed by atoms with E-state index in [2.05, 4.69) is 20.4 Å². The second-order valence-electron chi connectivity index (χ2n) is 4.63. The highest BCUT2D eigenvalue weighted by molar-refractivity contribution is 5.82. The van der Waals surface area contributed by atoms with Crippen LogP contribution in [0.15, 0.2) is 6.33 Å². The molecule has 2 aromatic rings. The van der Waals surface area contributed by atoms with Gasteiger partial charge in [0.2, 0.25) is 5.95 Å². The van der Waals surface area contributed by atoms with Gasteiger partial charge in [0.15, 0.2) is 17.7 Å². The van der Waals surface area contributed by atoms with Crippen LogP contribution in [0.5, 0.6) is 0 Å². The fraction of sp³-hybridized carbons (Fsp3) is 0.500. The number of imidazole rings is 1. The zero-order valence-corrected chi connectivity index (χ0v) is 10.8. The second-order valence-corrected chi connectivity index (χ2v) is 4.63. The fourth-order valence-electron chi connectivity index (χ4n) is 2.30. The average Bonchev–Trinajstić information content (AvgIpc) is 3.02. The number of anilines is 2. The molecule has 4 atom stereocenters. The van der Waals surface area contributed by atoms with Crippen molar-refractivity contribution >= 4 is 22.9 Å². The van der Waals surface area contributed by atoms with Crippen molar-refractivity contribution in [3.63, 3.8) is 0 Å². The van der Waals surface area contributed by atoms with Crippen LogP contribution < -0.4 is 17.0 Å². The molecule has 11 nitrogen and oxygen atoms in total. The first-order chi connectivity index (χ1) is 10.1. The molecule has 11 heteroatoms. The predicted molar refractivity (Wildman–Crippen MR) is 70.6 cm³/mol. The Bertz CT molecular complexity index is 662. The molecule has 3 rings (SSSR count). The smallest absolute Gasteiger partial charge is 0.241 e. The quantitative estimate of drug-likeness (QED) is 0.258. The summed E-state index contributed by atoms with van der Waals surface area (Å²) in [6.07, 6.45) is -2.96. The van der Waals surface area contributed by atoms with Crippen LogP contribution in [-0.2, 0) is 4.74 Å². The summed E-state index contributed by atoms with van der Waals surface area (Å²) in [5.41, 5.74) is 8.61. The lowest BCUT2D eigenvalue weighted by atomic mass is 10.1. The van der Waals surface area contributed by atoms with Crippen LogP contribution in [0.4, 0.5) is 11.8 Å². The van der Waals surface area contributed by atoms with Crippen LogP contribution in [0.1, 0.15) is 6.23 Å². The minimum Gasteiger partial charge on any atom is -0.394 e. The van der Waals surface area contributed by atoms with E-state index in [1.54, 1.807) is 0 Å². The van der Waals surface area contributed by atoms with Crippen molar-refractivity contribution in [3.8, 4) is 0 Å². The third-order valence-corrected chi connectivity index (χ3v) is 3.37. The first-order valence-electron chi connectivity index (χ1n) is 6.16. The summed E-state index contributed by atoms with van der Waals surface area (Å²) in [7, 11) is 0. The normalized spacial score (nSPS) is 29.1. The number of nitrogen functional groups attached to an aromatic ring is 2. The number of rotatable bonds is 3. The molecule has 0 aromatic carbocycles. The number of aliphatic hydroxyl groups excluding tert-OH is 3. The average molecular weight is 297 g/mol. The number of nitrogens with two attached hydrogens (primary N) is 2. The Labute approximate surface area is 118 Å². The van der Waals surface area contributed by atoms with Gasteiger partial charge in [-0.3, -0.25) is 9.99 Å². The Kier molecular flexibility index (Phi) is 3.35. The Hall–Kier alpha value is -2.05. The Morgan fingerprint density at radius 1 is 1.33 bits per heavy atom. The van der Waals surface area contributed by atoms with Gasteiger partial charge in [-0.25, -0.2) is 10.8 Å².